The lowest BCUT2D eigenvalue weighted by Gasteiger charge is -2.06. The van der Waals surface area contributed by atoms with Crippen molar-refractivity contribution >= 4 is 23.5 Å². The maximum atomic E-state index is 12.4. The molecule has 0 bridgehead atoms. The van der Waals surface area contributed by atoms with Gasteiger partial charge in [-0.2, -0.15) is 18.3 Å². The van der Waals surface area contributed by atoms with E-state index in [0.717, 1.165) is 12.1 Å². The van der Waals surface area contributed by atoms with Gasteiger partial charge in [0.05, 0.1) is 29.6 Å². The van der Waals surface area contributed by atoms with Crippen molar-refractivity contribution in [2.75, 3.05) is 12.5 Å². The van der Waals surface area contributed by atoms with Crippen LogP contribution in [0.25, 0.3) is 0 Å². The van der Waals surface area contributed by atoms with Crippen LogP contribution in [0.5, 0.6) is 5.75 Å². The molecule has 1 N–H and O–H groups in total. The Morgan fingerprint density at radius 2 is 1.82 bits per heavy atom. The van der Waals surface area contributed by atoms with E-state index in [1.807, 2.05) is 0 Å². The highest BCUT2D eigenvalue weighted by Crippen LogP contribution is 2.29. The summed E-state index contributed by atoms with van der Waals surface area (Å²) in [5.74, 6) is 0.541. The van der Waals surface area contributed by atoms with Crippen LogP contribution in [0.4, 0.5) is 18.9 Å². The molecule has 0 fully saturated rings. The fourth-order valence-corrected chi connectivity index (χ4v) is 1.93. The van der Waals surface area contributed by atoms with Crippen LogP contribution in [0.3, 0.4) is 0 Å². The lowest BCUT2D eigenvalue weighted by Crippen LogP contribution is -2.04. The Kier molecular flexibility index (Phi) is 4.92. The van der Waals surface area contributed by atoms with Gasteiger partial charge in [-0.3, -0.25) is 5.43 Å². The first-order valence-corrected chi connectivity index (χ1v) is 6.58. The summed E-state index contributed by atoms with van der Waals surface area (Å²) in [5, 5.41) is 4.37. The van der Waals surface area contributed by atoms with Crippen LogP contribution in [0, 0.1) is 0 Å². The van der Waals surface area contributed by atoms with Crippen LogP contribution < -0.4 is 10.2 Å². The van der Waals surface area contributed by atoms with E-state index in [1.54, 1.807) is 18.2 Å². The number of methoxy groups -OCH3 is 1. The third-order valence-electron chi connectivity index (χ3n) is 2.80. The van der Waals surface area contributed by atoms with Gasteiger partial charge in [-0.05, 0) is 35.9 Å². The van der Waals surface area contributed by atoms with E-state index < -0.39 is 11.7 Å². The van der Waals surface area contributed by atoms with E-state index in [9.17, 15) is 13.2 Å². The van der Waals surface area contributed by atoms with Crippen molar-refractivity contribution < 1.29 is 17.9 Å². The number of nitrogens with one attached hydrogen (secondary N) is 1. The van der Waals surface area contributed by atoms with Crippen molar-refractivity contribution in [3.8, 4) is 5.75 Å². The molecule has 0 radical (unpaired) electrons. The number of hydrazone groups is 1. The van der Waals surface area contributed by atoms with Gasteiger partial charge in [0, 0.05) is 0 Å². The van der Waals surface area contributed by atoms with Gasteiger partial charge in [-0.25, -0.2) is 0 Å². The number of anilines is 1. The molecule has 0 unspecified atom stereocenters. The highest BCUT2D eigenvalue weighted by Gasteiger charge is 2.29. The molecular formula is C15H12ClF3N2O. The van der Waals surface area contributed by atoms with Crippen molar-refractivity contribution in [2.45, 2.75) is 6.18 Å². The highest BCUT2D eigenvalue weighted by molar-refractivity contribution is 6.32. The average Bonchev–Trinajstić information content (AvgIpc) is 2.47. The quantitative estimate of drug-likeness (QED) is 0.645. The van der Waals surface area contributed by atoms with Gasteiger partial charge in [0.25, 0.3) is 0 Å². The first-order chi connectivity index (χ1) is 10.4. The van der Waals surface area contributed by atoms with Crippen LogP contribution in [0.1, 0.15) is 11.1 Å². The number of alkyl halides is 3. The smallest absolute Gasteiger partial charge is 0.416 e. The molecule has 116 valence electrons. The monoisotopic (exact) mass is 328 g/mol. The van der Waals surface area contributed by atoms with Gasteiger partial charge < -0.3 is 4.74 Å². The standard InChI is InChI=1S/C15H12ClF3N2O/c1-22-14-7-6-12(8-13(14)16)21-20-9-10-2-4-11(5-3-10)15(17,18)19/h2-9,21H,1H3/b20-9+. The van der Waals surface area contributed by atoms with Crippen LogP contribution in [0.2, 0.25) is 5.02 Å². The first kappa shape index (κ1) is 16.2. The molecule has 0 saturated heterocycles. The highest BCUT2D eigenvalue weighted by atomic mass is 35.5. The predicted octanol–water partition coefficient (Wildman–Crippen LogP) is 4.81. The zero-order valence-corrected chi connectivity index (χ0v) is 12.2. The molecule has 0 amide bonds. The summed E-state index contributed by atoms with van der Waals surface area (Å²) in [5.41, 5.74) is 3.22. The summed E-state index contributed by atoms with van der Waals surface area (Å²) in [6, 6.07) is 9.72. The van der Waals surface area contributed by atoms with Crippen LogP contribution in [0.15, 0.2) is 47.6 Å². The molecule has 2 rings (SSSR count). The Bertz CT molecular complexity index is 669. The molecule has 0 aliphatic carbocycles. The van der Waals surface area contributed by atoms with E-state index in [4.69, 9.17) is 16.3 Å². The summed E-state index contributed by atoms with van der Waals surface area (Å²) in [4.78, 5) is 0. The van der Waals surface area contributed by atoms with Gasteiger partial charge in [0.1, 0.15) is 5.75 Å². The Hall–Kier alpha value is -2.21. The fraction of sp³-hybridized carbons (Fsp3) is 0.133. The van der Waals surface area contributed by atoms with Crippen LogP contribution in [-0.4, -0.2) is 13.3 Å². The molecular weight excluding hydrogens is 317 g/mol. The minimum Gasteiger partial charge on any atom is -0.495 e. The number of rotatable bonds is 4. The van der Waals surface area contributed by atoms with E-state index in [-0.39, 0.29) is 0 Å². The zero-order valence-electron chi connectivity index (χ0n) is 11.5. The van der Waals surface area contributed by atoms with Gasteiger partial charge in [0.15, 0.2) is 0 Å². The van der Waals surface area contributed by atoms with Gasteiger partial charge in [-0.1, -0.05) is 23.7 Å². The lowest BCUT2D eigenvalue weighted by atomic mass is 10.1. The minimum absolute atomic E-state index is 0.428. The molecule has 0 saturated carbocycles. The number of hydrogen-bond donors (Lipinski definition) is 1. The van der Waals surface area contributed by atoms with Crippen molar-refractivity contribution in [2.24, 2.45) is 5.10 Å². The summed E-state index contributed by atoms with van der Waals surface area (Å²) in [6.07, 6.45) is -2.92. The van der Waals surface area contributed by atoms with Crippen LogP contribution in [-0.2, 0) is 6.18 Å². The molecule has 0 heterocycles. The summed E-state index contributed by atoms with van der Waals surface area (Å²) in [6.45, 7) is 0. The second kappa shape index (κ2) is 6.70. The Morgan fingerprint density at radius 3 is 2.36 bits per heavy atom. The van der Waals surface area contributed by atoms with Crippen LogP contribution >= 0.6 is 11.6 Å². The molecule has 0 atom stereocenters. The van der Waals surface area contributed by atoms with E-state index >= 15 is 0 Å². The Balaban J connectivity index is 2.02. The largest absolute Gasteiger partial charge is 0.495 e. The zero-order chi connectivity index (χ0) is 16.2. The number of nitrogens with zero attached hydrogens (tertiary/aromatic N) is 1. The molecule has 0 spiro atoms. The third-order valence-corrected chi connectivity index (χ3v) is 3.09. The number of hydrogen-bond acceptors (Lipinski definition) is 3. The molecule has 3 nitrogen and oxygen atoms in total. The van der Waals surface area contributed by atoms with Crippen molar-refractivity contribution in [3.05, 3.63) is 58.6 Å². The molecule has 0 aliphatic rings. The number of benzene rings is 2. The van der Waals surface area contributed by atoms with E-state index in [2.05, 4.69) is 10.5 Å². The molecule has 22 heavy (non-hydrogen) atoms. The topological polar surface area (TPSA) is 33.6 Å². The fourth-order valence-electron chi connectivity index (χ4n) is 1.68. The predicted molar refractivity (Wildman–Crippen MR) is 80.7 cm³/mol. The van der Waals surface area contributed by atoms with Gasteiger partial charge in [-0.15, -0.1) is 0 Å². The molecule has 0 aliphatic heterocycles. The summed E-state index contributed by atoms with van der Waals surface area (Å²) < 4.78 is 42.3. The lowest BCUT2D eigenvalue weighted by molar-refractivity contribution is -0.137. The Morgan fingerprint density at radius 1 is 1.14 bits per heavy atom. The van der Waals surface area contributed by atoms with E-state index in [1.165, 1.54) is 25.5 Å². The SMILES string of the molecule is COc1ccc(N/N=C/c2ccc(C(F)(F)F)cc2)cc1Cl. The molecule has 2 aromatic rings. The summed E-state index contributed by atoms with van der Waals surface area (Å²) >= 11 is 5.96. The number of ether oxygens (including phenoxy) is 1. The molecule has 2 aromatic carbocycles. The maximum absolute atomic E-state index is 12.4. The van der Waals surface area contributed by atoms with Crippen molar-refractivity contribution in [1.29, 1.82) is 0 Å². The minimum atomic E-state index is -4.34. The summed E-state index contributed by atoms with van der Waals surface area (Å²) in [7, 11) is 1.51. The second-order valence-corrected chi connectivity index (χ2v) is 4.75. The first-order valence-electron chi connectivity index (χ1n) is 6.20. The molecule has 7 heteroatoms. The van der Waals surface area contributed by atoms with Crippen molar-refractivity contribution in [1.82, 2.24) is 0 Å². The second-order valence-electron chi connectivity index (χ2n) is 4.34. The normalized spacial score (nSPS) is 11.7. The third kappa shape index (κ3) is 4.14. The van der Waals surface area contributed by atoms with Gasteiger partial charge in [0.2, 0.25) is 0 Å². The number of halogens is 4. The molecule has 0 aromatic heterocycles. The maximum Gasteiger partial charge on any atom is 0.416 e. The van der Waals surface area contributed by atoms with E-state index in [0.29, 0.717) is 22.0 Å². The average molecular weight is 329 g/mol. The van der Waals surface area contributed by atoms with Gasteiger partial charge >= 0.3 is 6.18 Å². The Labute approximate surface area is 130 Å². The van der Waals surface area contributed by atoms with Crippen molar-refractivity contribution in [3.63, 3.8) is 0 Å².